The van der Waals surface area contributed by atoms with Crippen LogP contribution in [0.2, 0.25) is 5.02 Å². The van der Waals surface area contributed by atoms with Crippen LogP contribution in [0.1, 0.15) is 29.6 Å². The van der Waals surface area contributed by atoms with Gasteiger partial charge in [-0.3, -0.25) is 0 Å². The summed E-state index contributed by atoms with van der Waals surface area (Å²) in [4.78, 5) is 22.8. The van der Waals surface area contributed by atoms with Gasteiger partial charge in [0.25, 0.3) is 0 Å². The number of rotatable bonds is 5. The van der Waals surface area contributed by atoms with E-state index in [2.05, 4.69) is 10.6 Å². The lowest BCUT2D eigenvalue weighted by Gasteiger charge is -2.40. The summed E-state index contributed by atoms with van der Waals surface area (Å²) < 4.78 is 5.40. The van der Waals surface area contributed by atoms with E-state index in [1.54, 1.807) is 7.11 Å². The number of aromatic carboxylic acids is 1. The van der Waals surface area contributed by atoms with Crippen LogP contribution in [0.3, 0.4) is 0 Å². The minimum absolute atomic E-state index is 0.0575. The van der Waals surface area contributed by atoms with Gasteiger partial charge in [0.1, 0.15) is 0 Å². The van der Waals surface area contributed by atoms with Crippen LogP contribution in [0.4, 0.5) is 10.5 Å². The molecule has 1 saturated carbocycles. The van der Waals surface area contributed by atoms with Crippen LogP contribution in [0.5, 0.6) is 0 Å². The first kappa shape index (κ1) is 15.6. The molecular weight excluding hydrogens is 296 g/mol. The molecule has 0 atom stereocenters. The van der Waals surface area contributed by atoms with E-state index in [9.17, 15) is 9.59 Å². The molecule has 0 spiro atoms. The molecule has 1 aliphatic rings. The van der Waals surface area contributed by atoms with Gasteiger partial charge in [-0.1, -0.05) is 11.6 Å². The van der Waals surface area contributed by atoms with Crippen LogP contribution >= 0.6 is 11.6 Å². The molecule has 3 N–H and O–H groups in total. The molecule has 2 amide bonds. The van der Waals surface area contributed by atoms with Gasteiger partial charge in [-0.15, -0.1) is 0 Å². The largest absolute Gasteiger partial charge is 0.478 e. The number of methoxy groups -OCH3 is 1. The number of carboxylic acid groups (broad SMARTS) is 1. The number of hydrogen-bond donors (Lipinski definition) is 3. The second-order valence-corrected chi connectivity index (χ2v) is 5.46. The third-order valence-electron chi connectivity index (χ3n) is 3.73. The first-order valence-corrected chi connectivity index (χ1v) is 6.96. The summed E-state index contributed by atoms with van der Waals surface area (Å²) in [5, 5.41) is 14.5. The number of benzene rings is 1. The minimum atomic E-state index is -1.08. The normalized spacial score (nSPS) is 15.9. The number of carbonyl (C=O) groups is 2. The average Bonchev–Trinajstić information content (AvgIpc) is 2.40. The Labute approximate surface area is 127 Å². The quantitative estimate of drug-likeness (QED) is 0.780. The van der Waals surface area contributed by atoms with Gasteiger partial charge < -0.3 is 20.5 Å². The fraction of sp³-hybridized carbons (Fsp3) is 0.429. The van der Waals surface area contributed by atoms with Crippen molar-refractivity contribution in [3.05, 3.63) is 28.8 Å². The van der Waals surface area contributed by atoms with Crippen LogP contribution in [0.25, 0.3) is 0 Å². The number of anilines is 1. The van der Waals surface area contributed by atoms with E-state index in [1.807, 2.05) is 0 Å². The summed E-state index contributed by atoms with van der Waals surface area (Å²) in [7, 11) is 1.63. The predicted octanol–water partition coefficient (Wildman–Crippen LogP) is 2.73. The number of amides is 2. The number of hydrogen-bond acceptors (Lipinski definition) is 3. The van der Waals surface area contributed by atoms with Crippen LogP contribution in [0, 0.1) is 0 Å². The lowest BCUT2D eigenvalue weighted by atomic mass is 9.80. The Balaban J connectivity index is 1.96. The van der Waals surface area contributed by atoms with E-state index < -0.39 is 12.0 Å². The highest BCUT2D eigenvalue weighted by Crippen LogP contribution is 2.34. The standard InChI is InChI=1S/C14H17ClN2O4/c1-21-14(5-2-6-14)8-16-13(20)17-11-7-9(12(18)19)3-4-10(11)15/h3-4,7H,2,5-6,8H2,1H3,(H,18,19)(H2,16,17,20). The van der Waals surface area contributed by atoms with Crippen LogP contribution in [0.15, 0.2) is 18.2 Å². The van der Waals surface area contributed by atoms with Crippen molar-refractivity contribution in [2.24, 2.45) is 0 Å². The molecule has 6 nitrogen and oxygen atoms in total. The zero-order chi connectivity index (χ0) is 15.5. The van der Waals surface area contributed by atoms with Gasteiger partial charge in [0, 0.05) is 13.7 Å². The van der Waals surface area contributed by atoms with Crippen molar-refractivity contribution in [2.75, 3.05) is 19.0 Å². The Morgan fingerprint density at radius 3 is 2.67 bits per heavy atom. The SMILES string of the molecule is COC1(CNC(=O)Nc2cc(C(=O)O)ccc2Cl)CCC1. The fourth-order valence-corrected chi connectivity index (χ4v) is 2.35. The number of urea groups is 1. The van der Waals surface area contributed by atoms with Crippen molar-refractivity contribution >= 4 is 29.3 Å². The average molecular weight is 313 g/mol. The first-order chi connectivity index (χ1) is 9.96. The highest BCUT2D eigenvalue weighted by Gasteiger charge is 2.37. The van der Waals surface area contributed by atoms with Crippen molar-refractivity contribution in [3.8, 4) is 0 Å². The summed E-state index contributed by atoms with van der Waals surface area (Å²) >= 11 is 5.94. The summed E-state index contributed by atoms with van der Waals surface area (Å²) in [5.41, 5.74) is 0.0422. The Hall–Kier alpha value is -1.79. The van der Waals surface area contributed by atoms with E-state index in [-0.39, 0.29) is 21.9 Å². The zero-order valence-corrected chi connectivity index (χ0v) is 12.4. The van der Waals surface area contributed by atoms with Crippen molar-refractivity contribution in [1.29, 1.82) is 0 Å². The molecule has 1 aliphatic carbocycles. The van der Waals surface area contributed by atoms with Gasteiger partial charge in [0.2, 0.25) is 0 Å². The van der Waals surface area contributed by atoms with Crippen LogP contribution in [-0.2, 0) is 4.74 Å². The molecule has 1 fully saturated rings. The second kappa shape index (κ2) is 6.32. The number of nitrogens with one attached hydrogen (secondary N) is 2. The van der Waals surface area contributed by atoms with E-state index >= 15 is 0 Å². The van der Waals surface area contributed by atoms with E-state index in [1.165, 1.54) is 18.2 Å². The molecule has 0 saturated heterocycles. The number of carboxylic acids is 1. The molecule has 0 aromatic heterocycles. The Morgan fingerprint density at radius 1 is 1.43 bits per heavy atom. The van der Waals surface area contributed by atoms with Gasteiger partial charge in [0.05, 0.1) is 21.9 Å². The predicted molar refractivity (Wildman–Crippen MR) is 79.0 cm³/mol. The number of ether oxygens (including phenoxy) is 1. The molecule has 7 heteroatoms. The first-order valence-electron chi connectivity index (χ1n) is 6.59. The Bertz CT molecular complexity index is 552. The zero-order valence-electron chi connectivity index (χ0n) is 11.6. The number of carbonyl (C=O) groups excluding carboxylic acids is 1. The molecular formula is C14H17ClN2O4. The Kier molecular flexibility index (Phi) is 4.69. The van der Waals surface area contributed by atoms with Crippen molar-refractivity contribution in [2.45, 2.75) is 24.9 Å². The molecule has 21 heavy (non-hydrogen) atoms. The topological polar surface area (TPSA) is 87.7 Å². The maximum absolute atomic E-state index is 11.9. The molecule has 0 aliphatic heterocycles. The minimum Gasteiger partial charge on any atom is -0.478 e. The highest BCUT2D eigenvalue weighted by atomic mass is 35.5. The van der Waals surface area contributed by atoms with Gasteiger partial charge in [-0.05, 0) is 37.5 Å². The summed E-state index contributed by atoms with van der Waals surface area (Å²) in [5.74, 6) is -1.08. The van der Waals surface area contributed by atoms with Gasteiger partial charge in [-0.25, -0.2) is 9.59 Å². The monoisotopic (exact) mass is 312 g/mol. The summed E-state index contributed by atoms with van der Waals surface area (Å²) in [6.07, 6.45) is 2.92. The maximum atomic E-state index is 11.9. The second-order valence-electron chi connectivity index (χ2n) is 5.05. The van der Waals surface area contributed by atoms with Crippen molar-refractivity contribution in [1.82, 2.24) is 5.32 Å². The lowest BCUT2D eigenvalue weighted by Crippen LogP contribution is -2.50. The smallest absolute Gasteiger partial charge is 0.335 e. The lowest BCUT2D eigenvalue weighted by molar-refractivity contribution is -0.0671. The summed E-state index contributed by atoms with van der Waals surface area (Å²) in [6.45, 7) is 0.408. The van der Waals surface area contributed by atoms with Crippen LogP contribution in [-0.4, -0.2) is 36.4 Å². The highest BCUT2D eigenvalue weighted by molar-refractivity contribution is 6.33. The third-order valence-corrected chi connectivity index (χ3v) is 4.06. The van der Waals surface area contributed by atoms with Crippen molar-refractivity contribution < 1.29 is 19.4 Å². The van der Waals surface area contributed by atoms with E-state index in [0.29, 0.717) is 6.54 Å². The molecule has 1 aromatic carbocycles. The van der Waals surface area contributed by atoms with E-state index in [4.69, 9.17) is 21.4 Å². The molecule has 0 heterocycles. The molecule has 0 bridgehead atoms. The molecule has 0 radical (unpaired) electrons. The molecule has 0 unspecified atom stereocenters. The molecule has 1 aromatic rings. The van der Waals surface area contributed by atoms with Gasteiger partial charge >= 0.3 is 12.0 Å². The third kappa shape index (κ3) is 3.65. The number of halogens is 1. The van der Waals surface area contributed by atoms with Crippen molar-refractivity contribution in [3.63, 3.8) is 0 Å². The van der Waals surface area contributed by atoms with E-state index in [0.717, 1.165) is 19.3 Å². The summed E-state index contributed by atoms with van der Waals surface area (Å²) in [6, 6.07) is 3.69. The Morgan fingerprint density at radius 2 is 2.14 bits per heavy atom. The molecule has 2 rings (SSSR count). The van der Waals surface area contributed by atoms with Gasteiger partial charge in [-0.2, -0.15) is 0 Å². The van der Waals surface area contributed by atoms with Gasteiger partial charge in [0.15, 0.2) is 0 Å². The maximum Gasteiger partial charge on any atom is 0.335 e. The molecule has 114 valence electrons. The van der Waals surface area contributed by atoms with Crippen LogP contribution < -0.4 is 10.6 Å². The fourth-order valence-electron chi connectivity index (χ4n) is 2.19.